The number of rotatable bonds is 8. The molecular formula is C27H28FNO5. The van der Waals surface area contributed by atoms with E-state index in [-0.39, 0.29) is 18.1 Å². The molecule has 0 saturated heterocycles. The van der Waals surface area contributed by atoms with Crippen molar-refractivity contribution in [1.82, 2.24) is 0 Å². The molecule has 1 aliphatic rings. The van der Waals surface area contributed by atoms with E-state index in [1.54, 1.807) is 31.3 Å². The predicted octanol–water partition coefficient (Wildman–Crippen LogP) is 5.32. The summed E-state index contributed by atoms with van der Waals surface area (Å²) in [6.45, 7) is 4.77. The van der Waals surface area contributed by atoms with Gasteiger partial charge in [0.2, 0.25) is 5.91 Å². The standard InChI is InChI=1S/C27H28FNO5/c1-5-33-24-14-18-15-26(30)29(20-10-8-19(28)9-11-20)27(21(18)16-25(24)34-6-2)17-7-12-22(31-3)23(13-17)32-4/h7-14,16,27H,5-6,15H2,1-4H3/t27-/m1/s1. The van der Waals surface area contributed by atoms with Gasteiger partial charge in [-0.1, -0.05) is 6.07 Å². The molecule has 6 nitrogen and oxygen atoms in total. The van der Waals surface area contributed by atoms with Gasteiger partial charge in [0.25, 0.3) is 0 Å². The summed E-state index contributed by atoms with van der Waals surface area (Å²) in [6, 6.07) is 14.9. The summed E-state index contributed by atoms with van der Waals surface area (Å²) >= 11 is 0. The quantitative estimate of drug-likeness (QED) is 0.451. The number of nitrogens with zero attached hydrogens (tertiary/aromatic N) is 1. The zero-order chi connectivity index (χ0) is 24.2. The van der Waals surface area contributed by atoms with Crippen LogP contribution < -0.4 is 23.8 Å². The number of benzene rings is 3. The molecule has 178 valence electrons. The first-order valence-electron chi connectivity index (χ1n) is 11.2. The van der Waals surface area contributed by atoms with E-state index in [1.807, 2.05) is 44.2 Å². The third-order valence-electron chi connectivity index (χ3n) is 5.80. The lowest BCUT2D eigenvalue weighted by Gasteiger charge is -2.38. The summed E-state index contributed by atoms with van der Waals surface area (Å²) in [5.41, 5.74) is 3.18. The second-order valence-electron chi connectivity index (χ2n) is 7.80. The number of halogens is 1. The van der Waals surface area contributed by atoms with Crippen LogP contribution in [0.15, 0.2) is 54.6 Å². The van der Waals surface area contributed by atoms with Crippen molar-refractivity contribution in [3.8, 4) is 23.0 Å². The van der Waals surface area contributed by atoms with Crippen molar-refractivity contribution in [2.45, 2.75) is 26.3 Å². The van der Waals surface area contributed by atoms with Crippen molar-refractivity contribution < 1.29 is 28.1 Å². The van der Waals surface area contributed by atoms with Crippen LogP contribution in [0.2, 0.25) is 0 Å². The van der Waals surface area contributed by atoms with E-state index in [2.05, 4.69) is 0 Å². The summed E-state index contributed by atoms with van der Waals surface area (Å²) in [6.07, 6.45) is 0.184. The number of carbonyl (C=O) groups is 1. The lowest BCUT2D eigenvalue weighted by molar-refractivity contribution is -0.118. The van der Waals surface area contributed by atoms with Crippen LogP contribution in [-0.2, 0) is 11.2 Å². The Balaban J connectivity index is 1.94. The molecule has 1 aliphatic heterocycles. The number of hydrogen-bond donors (Lipinski definition) is 0. The Kier molecular flexibility index (Phi) is 6.91. The van der Waals surface area contributed by atoms with Gasteiger partial charge in [0.15, 0.2) is 23.0 Å². The molecule has 0 N–H and O–H groups in total. The molecule has 1 atom stereocenters. The van der Waals surface area contributed by atoms with Crippen LogP contribution >= 0.6 is 0 Å². The van der Waals surface area contributed by atoms with Crippen LogP contribution in [0.4, 0.5) is 10.1 Å². The van der Waals surface area contributed by atoms with Crippen LogP contribution in [0.25, 0.3) is 0 Å². The monoisotopic (exact) mass is 465 g/mol. The number of fused-ring (bicyclic) bond motifs is 1. The zero-order valence-electron chi connectivity index (χ0n) is 19.8. The minimum absolute atomic E-state index is 0.106. The van der Waals surface area contributed by atoms with Gasteiger partial charge in [-0.15, -0.1) is 0 Å². The largest absolute Gasteiger partial charge is 0.493 e. The Morgan fingerprint density at radius 2 is 1.50 bits per heavy atom. The Hall–Kier alpha value is -3.74. The van der Waals surface area contributed by atoms with E-state index >= 15 is 0 Å². The maximum atomic E-state index is 13.7. The lowest BCUT2D eigenvalue weighted by atomic mass is 9.86. The molecule has 0 unspecified atom stereocenters. The first-order chi connectivity index (χ1) is 16.5. The van der Waals surface area contributed by atoms with E-state index in [1.165, 1.54) is 12.1 Å². The molecule has 1 heterocycles. The van der Waals surface area contributed by atoms with Gasteiger partial charge < -0.3 is 23.8 Å². The topological polar surface area (TPSA) is 57.2 Å². The van der Waals surface area contributed by atoms with Crippen molar-refractivity contribution >= 4 is 11.6 Å². The van der Waals surface area contributed by atoms with Gasteiger partial charge in [0.05, 0.1) is 39.9 Å². The summed E-state index contributed by atoms with van der Waals surface area (Å²) in [7, 11) is 3.15. The maximum absolute atomic E-state index is 13.7. The van der Waals surface area contributed by atoms with E-state index in [0.717, 1.165) is 16.7 Å². The lowest BCUT2D eigenvalue weighted by Crippen LogP contribution is -2.41. The Bertz CT molecular complexity index is 1180. The highest BCUT2D eigenvalue weighted by Gasteiger charge is 2.36. The van der Waals surface area contributed by atoms with Crippen LogP contribution in [-0.4, -0.2) is 33.3 Å². The average molecular weight is 466 g/mol. The zero-order valence-corrected chi connectivity index (χ0v) is 19.8. The maximum Gasteiger partial charge on any atom is 0.232 e. The van der Waals surface area contributed by atoms with Crippen molar-refractivity contribution in [1.29, 1.82) is 0 Å². The first kappa shape index (κ1) is 23.4. The van der Waals surface area contributed by atoms with Crippen molar-refractivity contribution in [3.63, 3.8) is 0 Å². The number of amides is 1. The Labute approximate surface area is 198 Å². The third kappa shape index (κ3) is 4.38. The fourth-order valence-electron chi connectivity index (χ4n) is 4.34. The molecule has 3 aromatic carbocycles. The van der Waals surface area contributed by atoms with E-state index in [0.29, 0.717) is 41.9 Å². The SMILES string of the molecule is CCOc1cc2c(cc1OCC)[C@@H](c1ccc(OC)c(OC)c1)N(c1ccc(F)cc1)C(=O)C2. The summed E-state index contributed by atoms with van der Waals surface area (Å²) in [4.78, 5) is 15.2. The summed E-state index contributed by atoms with van der Waals surface area (Å²) < 4.78 is 36.3. The molecule has 4 rings (SSSR count). The predicted molar refractivity (Wildman–Crippen MR) is 128 cm³/mol. The molecular weight excluding hydrogens is 437 g/mol. The molecule has 0 aliphatic carbocycles. The highest BCUT2D eigenvalue weighted by molar-refractivity contribution is 5.98. The second kappa shape index (κ2) is 10.0. The smallest absolute Gasteiger partial charge is 0.232 e. The highest BCUT2D eigenvalue weighted by atomic mass is 19.1. The van der Waals surface area contributed by atoms with Gasteiger partial charge in [0.1, 0.15) is 5.82 Å². The van der Waals surface area contributed by atoms with Gasteiger partial charge in [0, 0.05) is 5.69 Å². The van der Waals surface area contributed by atoms with E-state index in [9.17, 15) is 9.18 Å². The summed E-state index contributed by atoms with van der Waals surface area (Å²) in [5.74, 6) is 1.89. The normalized spacial score (nSPS) is 15.0. The minimum atomic E-state index is -0.489. The third-order valence-corrected chi connectivity index (χ3v) is 5.80. The molecule has 0 spiro atoms. The van der Waals surface area contributed by atoms with Gasteiger partial charge in [-0.05, 0) is 79.1 Å². The average Bonchev–Trinajstić information content (AvgIpc) is 2.84. The van der Waals surface area contributed by atoms with Crippen molar-refractivity contribution in [2.24, 2.45) is 0 Å². The molecule has 0 aromatic heterocycles. The first-order valence-corrected chi connectivity index (χ1v) is 11.2. The number of ether oxygens (including phenoxy) is 4. The van der Waals surface area contributed by atoms with Gasteiger partial charge in [-0.2, -0.15) is 0 Å². The van der Waals surface area contributed by atoms with Crippen LogP contribution in [0.3, 0.4) is 0 Å². The highest BCUT2D eigenvalue weighted by Crippen LogP contribution is 2.45. The van der Waals surface area contributed by atoms with Crippen LogP contribution in [0.5, 0.6) is 23.0 Å². The molecule has 7 heteroatoms. The summed E-state index contributed by atoms with van der Waals surface area (Å²) in [5, 5.41) is 0. The van der Waals surface area contributed by atoms with Gasteiger partial charge in [-0.25, -0.2) is 4.39 Å². The molecule has 3 aromatic rings. The van der Waals surface area contributed by atoms with Crippen LogP contribution in [0, 0.1) is 5.82 Å². The molecule has 0 fully saturated rings. The van der Waals surface area contributed by atoms with E-state index < -0.39 is 6.04 Å². The number of methoxy groups -OCH3 is 2. The second-order valence-corrected chi connectivity index (χ2v) is 7.80. The van der Waals surface area contributed by atoms with E-state index in [4.69, 9.17) is 18.9 Å². The van der Waals surface area contributed by atoms with Crippen molar-refractivity contribution in [2.75, 3.05) is 32.3 Å². The van der Waals surface area contributed by atoms with Gasteiger partial charge in [-0.3, -0.25) is 4.79 Å². The number of anilines is 1. The number of hydrogen-bond acceptors (Lipinski definition) is 5. The van der Waals surface area contributed by atoms with Gasteiger partial charge >= 0.3 is 0 Å². The number of carbonyl (C=O) groups excluding carboxylic acids is 1. The minimum Gasteiger partial charge on any atom is -0.493 e. The molecule has 0 bridgehead atoms. The fraction of sp³-hybridized carbons (Fsp3) is 0.296. The van der Waals surface area contributed by atoms with Crippen LogP contribution in [0.1, 0.15) is 36.6 Å². The molecule has 1 amide bonds. The molecule has 34 heavy (non-hydrogen) atoms. The molecule has 0 radical (unpaired) electrons. The van der Waals surface area contributed by atoms with Crippen molar-refractivity contribution in [3.05, 3.63) is 77.1 Å². The fourth-order valence-corrected chi connectivity index (χ4v) is 4.34. The Morgan fingerprint density at radius 1 is 0.853 bits per heavy atom. The molecule has 0 saturated carbocycles. The Morgan fingerprint density at radius 3 is 2.12 bits per heavy atom.